The van der Waals surface area contributed by atoms with Gasteiger partial charge in [-0.2, -0.15) is 0 Å². The molecular weight excluding hydrogens is 480 g/mol. The number of carboxylic acids is 1. The van der Waals surface area contributed by atoms with E-state index < -0.39 is 17.7 Å². The average Bonchev–Trinajstić information content (AvgIpc) is 2.88. The summed E-state index contributed by atoms with van der Waals surface area (Å²) >= 11 is 0. The van der Waals surface area contributed by atoms with Crippen molar-refractivity contribution in [3.63, 3.8) is 0 Å². The molecule has 2 aliphatic rings. The van der Waals surface area contributed by atoms with Crippen LogP contribution in [0.15, 0.2) is 48.8 Å². The number of benzene rings is 2. The quantitative estimate of drug-likeness (QED) is 0.447. The van der Waals surface area contributed by atoms with Crippen LogP contribution in [0.25, 0.3) is 11.1 Å². The highest BCUT2D eigenvalue weighted by Crippen LogP contribution is 2.45. The van der Waals surface area contributed by atoms with Crippen LogP contribution in [0.1, 0.15) is 67.5 Å². The Bertz CT molecular complexity index is 1380. The molecule has 0 aliphatic carbocycles. The van der Waals surface area contributed by atoms with Crippen LogP contribution in [0.2, 0.25) is 0 Å². The first kappa shape index (κ1) is 25.9. The number of carbonyl (C=O) groups excluding carboxylic acids is 1. The Hall–Kier alpha value is -3.71. The SMILES string of the molecule is Cc1cc2c(c(C(OC(C)(C)C)C(=O)O)c1-c1ccc3c(c1)CCCO3)CCC(=O)N2Cc1ccncc1. The van der Waals surface area contributed by atoms with Gasteiger partial charge in [0.2, 0.25) is 5.91 Å². The predicted octanol–water partition coefficient (Wildman–Crippen LogP) is 5.80. The molecule has 2 aromatic carbocycles. The Morgan fingerprint density at radius 1 is 1.13 bits per heavy atom. The van der Waals surface area contributed by atoms with Gasteiger partial charge in [-0.05, 0) is 111 Å². The number of hydrogen-bond acceptors (Lipinski definition) is 5. The minimum absolute atomic E-state index is 0.0157. The zero-order valence-electron chi connectivity index (χ0n) is 22.4. The second-order valence-corrected chi connectivity index (χ2v) is 11.0. The number of rotatable bonds is 6. The molecule has 2 aliphatic heterocycles. The molecule has 0 spiro atoms. The van der Waals surface area contributed by atoms with Gasteiger partial charge in [0, 0.05) is 30.1 Å². The fourth-order valence-corrected chi connectivity index (χ4v) is 5.49. The summed E-state index contributed by atoms with van der Waals surface area (Å²) in [6, 6.07) is 11.9. The molecule has 198 valence electrons. The zero-order valence-corrected chi connectivity index (χ0v) is 22.4. The monoisotopic (exact) mass is 514 g/mol. The van der Waals surface area contributed by atoms with E-state index in [1.165, 1.54) is 0 Å². The number of carbonyl (C=O) groups is 2. The fourth-order valence-electron chi connectivity index (χ4n) is 5.49. The number of aryl methyl sites for hydroxylation is 2. The minimum Gasteiger partial charge on any atom is -0.493 e. The van der Waals surface area contributed by atoms with Crippen molar-refractivity contribution in [1.82, 2.24) is 4.98 Å². The van der Waals surface area contributed by atoms with Gasteiger partial charge in [-0.25, -0.2) is 4.79 Å². The molecule has 1 aromatic heterocycles. The van der Waals surface area contributed by atoms with E-state index in [4.69, 9.17) is 9.47 Å². The average molecular weight is 515 g/mol. The number of pyridine rings is 1. The molecule has 5 rings (SSSR count). The van der Waals surface area contributed by atoms with E-state index in [-0.39, 0.29) is 5.91 Å². The zero-order chi connectivity index (χ0) is 27.0. The minimum atomic E-state index is -1.19. The number of anilines is 1. The summed E-state index contributed by atoms with van der Waals surface area (Å²) < 4.78 is 12.1. The number of ether oxygens (including phenoxy) is 2. The lowest BCUT2D eigenvalue weighted by Gasteiger charge is -2.35. The van der Waals surface area contributed by atoms with Crippen molar-refractivity contribution in [2.45, 2.75) is 71.6 Å². The largest absolute Gasteiger partial charge is 0.493 e. The third-order valence-electron chi connectivity index (χ3n) is 7.08. The van der Waals surface area contributed by atoms with Crippen LogP contribution < -0.4 is 9.64 Å². The van der Waals surface area contributed by atoms with Crippen LogP contribution in [0.3, 0.4) is 0 Å². The maximum Gasteiger partial charge on any atom is 0.337 e. The number of nitrogens with zero attached hydrogens (tertiary/aromatic N) is 2. The van der Waals surface area contributed by atoms with Gasteiger partial charge in [0.1, 0.15) is 5.75 Å². The van der Waals surface area contributed by atoms with Gasteiger partial charge >= 0.3 is 5.97 Å². The molecule has 38 heavy (non-hydrogen) atoms. The summed E-state index contributed by atoms with van der Waals surface area (Å²) in [6.45, 7) is 8.66. The lowest BCUT2D eigenvalue weighted by atomic mass is 9.83. The number of aromatic nitrogens is 1. The first-order valence-corrected chi connectivity index (χ1v) is 13.1. The Morgan fingerprint density at radius 2 is 1.89 bits per heavy atom. The summed E-state index contributed by atoms with van der Waals surface area (Å²) in [6.07, 6.45) is 4.84. The third-order valence-corrected chi connectivity index (χ3v) is 7.08. The van der Waals surface area contributed by atoms with Crippen LogP contribution in [0.5, 0.6) is 5.75 Å². The van der Waals surface area contributed by atoms with Gasteiger partial charge in [0.25, 0.3) is 0 Å². The van der Waals surface area contributed by atoms with Crippen LogP contribution in [0.4, 0.5) is 5.69 Å². The van der Waals surface area contributed by atoms with Gasteiger partial charge in [-0.15, -0.1) is 0 Å². The molecule has 7 nitrogen and oxygen atoms in total. The Kier molecular flexibility index (Phi) is 6.97. The standard InChI is InChI=1S/C31H34N2O5/c1-19-16-24-23(8-10-26(34)33(24)18-20-11-13-32-14-12-20)28(29(30(35)36)38-31(2,3)4)27(19)22-7-9-25-21(17-22)6-5-15-37-25/h7,9,11-14,16-17,29H,5-6,8,10,15,18H2,1-4H3,(H,35,36). The summed E-state index contributed by atoms with van der Waals surface area (Å²) in [5.41, 5.74) is 6.30. The summed E-state index contributed by atoms with van der Waals surface area (Å²) in [5.74, 6) is -0.151. The molecule has 1 atom stereocenters. The molecule has 3 aromatic rings. The van der Waals surface area contributed by atoms with Crippen LogP contribution >= 0.6 is 0 Å². The third kappa shape index (κ3) is 5.16. The topological polar surface area (TPSA) is 89.0 Å². The van der Waals surface area contributed by atoms with E-state index >= 15 is 0 Å². The number of amides is 1. The lowest BCUT2D eigenvalue weighted by molar-refractivity contribution is -0.160. The molecule has 0 bridgehead atoms. The summed E-state index contributed by atoms with van der Waals surface area (Å²) in [7, 11) is 0. The molecule has 1 amide bonds. The van der Waals surface area contributed by atoms with Crippen molar-refractivity contribution in [1.29, 1.82) is 0 Å². The highest BCUT2D eigenvalue weighted by molar-refractivity contribution is 5.98. The second kappa shape index (κ2) is 10.2. The molecule has 1 unspecified atom stereocenters. The molecule has 0 saturated carbocycles. The van der Waals surface area contributed by atoms with E-state index in [0.29, 0.717) is 31.6 Å². The molecule has 1 N–H and O–H groups in total. The van der Waals surface area contributed by atoms with Crippen molar-refractivity contribution >= 4 is 17.6 Å². The van der Waals surface area contributed by atoms with E-state index in [2.05, 4.69) is 11.1 Å². The van der Waals surface area contributed by atoms with Crippen LogP contribution in [-0.2, 0) is 33.7 Å². The molecule has 0 radical (unpaired) electrons. The van der Waals surface area contributed by atoms with Gasteiger partial charge in [0.15, 0.2) is 6.10 Å². The molecule has 0 saturated heterocycles. The number of fused-ring (bicyclic) bond motifs is 2. The normalized spacial score (nSPS) is 15.9. The first-order chi connectivity index (χ1) is 18.1. The van der Waals surface area contributed by atoms with E-state index in [1.807, 2.05) is 58.0 Å². The number of aliphatic carboxylic acids is 1. The summed E-state index contributed by atoms with van der Waals surface area (Å²) in [4.78, 5) is 31.8. The highest BCUT2D eigenvalue weighted by atomic mass is 16.5. The van der Waals surface area contributed by atoms with Gasteiger partial charge < -0.3 is 19.5 Å². The van der Waals surface area contributed by atoms with Crippen molar-refractivity contribution in [2.75, 3.05) is 11.5 Å². The van der Waals surface area contributed by atoms with Crippen LogP contribution in [-0.4, -0.2) is 34.2 Å². The van der Waals surface area contributed by atoms with Crippen molar-refractivity contribution in [3.8, 4) is 16.9 Å². The van der Waals surface area contributed by atoms with E-state index in [0.717, 1.165) is 57.7 Å². The summed E-state index contributed by atoms with van der Waals surface area (Å²) in [5, 5.41) is 10.5. The highest BCUT2D eigenvalue weighted by Gasteiger charge is 2.36. The van der Waals surface area contributed by atoms with Gasteiger partial charge in [-0.1, -0.05) is 6.07 Å². The Labute approximate surface area is 223 Å². The number of hydrogen-bond donors (Lipinski definition) is 1. The Balaban J connectivity index is 1.73. The molecule has 0 fully saturated rings. The van der Waals surface area contributed by atoms with E-state index in [1.54, 1.807) is 17.3 Å². The van der Waals surface area contributed by atoms with Crippen molar-refractivity contribution in [3.05, 3.63) is 76.6 Å². The van der Waals surface area contributed by atoms with Crippen molar-refractivity contribution in [2.24, 2.45) is 0 Å². The lowest BCUT2D eigenvalue weighted by Crippen LogP contribution is -2.36. The Morgan fingerprint density at radius 3 is 2.61 bits per heavy atom. The second-order valence-electron chi connectivity index (χ2n) is 11.0. The predicted molar refractivity (Wildman–Crippen MR) is 145 cm³/mol. The molecule has 7 heteroatoms. The van der Waals surface area contributed by atoms with Gasteiger partial charge in [0.05, 0.1) is 18.8 Å². The molecular formula is C31H34N2O5. The maximum absolute atomic E-state index is 13.2. The van der Waals surface area contributed by atoms with Crippen molar-refractivity contribution < 1.29 is 24.2 Å². The maximum atomic E-state index is 13.2. The number of carboxylic acid groups (broad SMARTS) is 1. The smallest absolute Gasteiger partial charge is 0.337 e. The van der Waals surface area contributed by atoms with Crippen LogP contribution in [0, 0.1) is 6.92 Å². The fraction of sp³-hybridized carbons (Fsp3) is 0.387. The molecule has 3 heterocycles. The van der Waals surface area contributed by atoms with E-state index in [9.17, 15) is 14.7 Å². The first-order valence-electron chi connectivity index (χ1n) is 13.1. The van der Waals surface area contributed by atoms with Gasteiger partial charge in [-0.3, -0.25) is 9.78 Å².